The van der Waals surface area contributed by atoms with Crippen molar-refractivity contribution in [3.63, 3.8) is 0 Å². The molecule has 0 spiro atoms. The van der Waals surface area contributed by atoms with Crippen molar-refractivity contribution >= 4 is 23.0 Å². The molecule has 0 saturated carbocycles. The molecule has 3 rings (SSSR count). The molecule has 1 N–H and O–H groups in total. The molecule has 0 saturated heterocycles. The topological polar surface area (TPSA) is 70.1 Å². The predicted octanol–water partition coefficient (Wildman–Crippen LogP) is 2.90. The third-order valence-electron chi connectivity index (χ3n) is 4.51. The third-order valence-corrected chi connectivity index (χ3v) is 5.38. The first kappa shape index (κ1) is 19.1. The van der Waals surface area contributed by atoms with Gasteiger partial charge in [0.1, 0.15) is 5.75 Å². The summed E-state index contributed by atoms with van der Waals surface area (Å²) in [5.41, 5.74) is 0.887. The van der Waals surface area contributed by atoms with Crippen molar-refractivity contribution in [2.75, 3.05) is 34.3 Å². The maximum atomic E-state index is 13.0. The van der Waals surface area contributed by atoms with Gasteiger partial charge in [0.25, 0.3) is 5.91 Å². The molecule has 1 amide bonds. The molecule has 2 heterocycles. The van der Waals surface area contributed by atoms with Gasteiger partial charge in [-0.05, 0) is 43.2 Å². The molecule has 1 aliphatic rings. The Labute approximate surface area is 162 Å². The molecule has 0 unspecified atom stereocenters. The van der Waals surface area contributed by atoms with Crippen molar-refractivity contribution in [1.82, 2.24) is 9.80 Å². The molecule has 142 valence electrons. The van der Waals surface area contributed by atoms with E-state index in [4.69, 9.17) is 4.74 Å². The van der Waals surface area contributed by atoms with E-state index in [2.05, 4.69) is 0 Å². The summed E-state index contributed by atoms with van der Waals surface area (Å²) in [7, 11) is 5.40. The standard InChI is InChI=1S/C20H22N2O4S/c1-21(2)10-11-22-17(13-6-8-14(26-3)9-7-13)16(19(24)20(22)25)18(23)15-5-4-12-27-15/h4-9,12,17,24H,10-11H2,1-3H3/t17-/m0/s1. The van der Waals surface area contributed by atoms with Crippen molar-refractivity contribution < 1.29 is 19.4 Å². The summed E-state index contributed by atoms with van der Waals surface area (Å²) in [5.74, 6) is -0.614. The Morgan fingerprint density at radius 1 is 1.26 bits per heavy atom. The number of likely N-dealkylation sites (N-methyl/N-ethyl adjacent to an activating group) is 1. The summed E-state index contributed by atoms with van der Waals surface area (Å²) in [6.07, 6.45) is 0. The second-order valence-corrected chi connectivity index (χ2v) is 7.49. The van der Waals surface area contributed by atoms with E-state index in [9.17, 15) is 14.7 Å². The van der Waals surface area contributed by atoms with E-state index >= 15 is 0 Å². The van der Waals surface area contributed by atoms with Crippen molar-refractivity contribution in [1.29, 1.82) is 0 Å². The summed E-state index contributed by atoms with van der Waals surface area (Å²) < 4.78 is 5.20. The summed E-state index contributed by atoms with van der Waals surface area (Å²) in [4.78, 5) is 29.8. The number of ketones is 1. The number of thiophene rings is 1. The Hall–Kier alpha value is -2.64. The molecule has 1 aromatic carbocycles. The lowest BCUT2D eigenvalue weighted by Gasteiger charge is -2.28. The van der Waals surface area contributed by atoms with Crippen LogP contribution in [0.4, 0.5) is 0 Å². The highest BCUT2D eigenvalue weighted by Crippen LogP contribution is 2.39. The zero-order valence-electron chi connectivity index (χ0n) is 15.5. The molecule has 1 aromatic heterocycles. The minimum Gasteiger partial charge on any atom is -0.503 e. The van der Waals surface area contributed by atoms with E-state index in [0.717, 1.165) is 5.56 Å². The molecular formula is C20H22N2O4S. The first-order valence-corrected chi connectivity index (χ1v) is 9.43. The van der Waals surface area contributed by atoms with Gasteiger partial charge < -0.3 is 19.6 Å². The normalized spacial score (nSPS) is 17.1. The van der Waals surface area contributed by atoms with Crippen LogP contribution in [0.2, 0.25) is 0 Å². The van der Waals surface area contributed by atoms with E-state index in [1.54, 1.807) is 41.7 Å². The monoisotopic (exact) mass is 386 g/mol. The van der Waals surface area contributed by atoms with Gasteiger partial charge in [-0.15, -0.1) is 11.3 Å². The fourth-order valence-corrected chi connectivity index (χ4v) is 3.78. The smallest absolute Gasteiger partial charge is 0.290 e. The van der Waals surface area contributed by atoms with Crippen LogP contribution in [0.5, 0.6) is 5.75 Å². The molecule has 27 heavy (non-hydrogen) atoms. The minimum absolute atomic E-state index is 0.131. The van der Waals surface area contributed by atoms with Crippen molar-refractivity contribution in [3.05, 3.63) is 63.6 Å². The number of hydrogen-bond donors (Lipinski definition) is 1. The van der Waals surface area contributed by atoms with Crippen molar-refractivity contribution in [2.45, 2.75) is 6.04 Å². The van der Waals surface area contributed by atoms with Crippen LogP contribution in [-0.2, 0) is 4.79 Å². The maximum absolute atomic E-state index is 13.0. The number of Topliss-reactive ketones (excluding diaryl/α,β-unsaturated/α-hetero) is 1. The number of rotatable bonds is 7. The number of methoxy groups -OCH3 is 1. The van der Waals surface area contributed by atoms with Gasteiger partial charge in [-0.1, -0.05) is 18.2 Å². The molecule has 7 heteroatoms. The highest BCUT2D eigenvalue weighted by Gasteiger charge is 2.43. The summed E-state index contributed by atoms with van der Waals surface area (Å²) in [6.45, 7) is 1.01. The van der Waals surface area contributed by atoms with Crippen LogP contribution in [0.15, 0.2) is 53.1 Å². The van der Waals surface area contributed by atoms with Crippen molar-refractivity contribution in [2.24, 2.45) is 0 Å². The van der Waals surface area contributed by atoms with Crippen LogP contribution in [0, 0.1) is 0 Å². The van der Waals surface area contributed by atoms with Crippen LogP contribution in [0.3, 0.4) is 0 Å². The fourth-order valence-electron chi connectivity index (χ4n) is 3.10. The van der Waals surface area contributed by atoms with Crippen molar-refractivity contribution in [3.8, 4) is 5.75 Å². The van der Waals surface area contributed by atoms with Gasteiger partial charge in [0.05, 0.1) is 23.6 Å². The Morgan fingerprint density at radius 2 is 1.96 bits per heavy atom. The predicted molar refractivity (Wildman–Crippen MR) is 104 cm³/mol. The number of aliphatic hydroxyl groups excluding tert-OH is 1. The number of ether oxygens (including phenoxy) is 1. The SMILES string of the molecule is COc1ccc([C@H]2C(C(=O)c3cccs3)=C(O)C(=O)N2CCN(C)C)cc1. The molecule has 0 bridgehead atoms. The molecule has 0 aliphatic carbocycles. The number of carbonyl (C=O) groups excluding carboxylic acids is 2. The molecule has 0 fully saturated rings. The van der Waals surface area contributed by atoms with E-state index in [1.165, 1.54) is 11.3 Å². The number of nitrogens with zero attached hydrogens (tertiary/aromatic N) is 2. The Bertz CT molecular complexity index is 857. The van der Waals surface area contributed by atoms with Crippen LogP contribution < -0.4 is 4.74 Å². The number of amides is 1. The zero-order chi connectivity index (χ0) is 19.6. The molecular weight excluding hydrogens is 364 g/mol. The number of hydrogen-bond acceptors (Lipinski definition) is 6. The third kappa shape index (κ3) is 3.74. The molecule has 1 aliphatic heterocycles. The van der Waals surface area contributed by atoms with Gasteiger partial charge in [-0.25, -0.2) is 0 Å². The van der Waals surface area contributed by atoms with Crippen LogP contribution in [-0.4, -0.2) is 60.9 Å². The van der Waals surface area contributed by atoms with Gasteiger partial charge in [0.2, 0.25) is 5.78 Å². The first-order chi connectivity index (χ1) is 12.9. The van der Waals surface area contributed by atoms with E-state index in [-0.39, 0.29) is 11.4 Å². The zero-order valence-corrected chi connectivity index (χ0v) is 16.3. The summed E-state index contributed by atoms with van der Waals surface area (Å²) in [5, 5.41) is 12.3. The molecule has 2 aromatic rings. The van der Waals surface area contributed by atoms with Crippen LogP contribution in [0.1, 0.15) is 21.3 Å². The summed E-state index contributed by atoms with van der Waals surface area (Å²) in [6, 6.07) is 10.1. The Balaban J connectivity index is 2.04. The van der Waals surface area contributed by atoms with Crippen LogP contribution in [0.25, 0.3) is 0 Å². The lowest BCUT2D eigenvalue weighted by Crippen LogP contribution is -2.36. The number of carbonyl (C=O) groups is 2. The average Bonchev–Trinajstić information content (AvgIpc) is 3.28. The highest BCUT2D eigenvalue weighted by molar-refractivity contribution is 7.12. The first-order valence-electron chi connectivity index (χ1n) is 8.55. The van der Waals surface area contributed by atoms with E-state index < -0.39 is 17.7 Å². The average molecular weight is 386 g/mol. The second kappa shape index (κ2) is 7.94. The molecule has 0 radical (unpaired) electrons. The minimum atomic E-state index is -0.627. The van der Waals surface area contributed by atoms with Gasteiger partial charge >= 0.3 is 0 Å². The van der Waals surface area contributed by atoms with Crippen LogP contribution >= 0.6 is 11.3 Å². The molecule has 6 nitrogen and oxygen atoms in total. The fraction of sp³-hybridized carbons (Fsp3) is 0.300. The Kier molecular flexibility index (Phi) is 5.62. The maximum Gasteiger partial charge on any atom is 0.290 e. The summed E-state index contributed by atoms with van der Waals surface area (Å²) >= 11 is 1.29. The number of aliphatic hydroxyl groups is 1. The van der Waals surface area contributed by atoms with E-state index in [0.29, 0.717) is 23.7 Å². The van der Waals surface area contributed by atoms with Gasteiger partial charge in [-0.3, -0.25) is 9.59 Å². The largest absolute Gasteiger partial charge is 0.503 e. The van der Waals surface area contributed by atoms with Gasteiger partial charge in [0.15, 0.2) is 5.76 Å². The second-order valence-electron chi connectivity index (χ2n) is 6.55. The Morgan fingerprint density at radius 3 is 2.52 bits per heavy atom. The van der Waals surface area contributed by atoms with E-state index in [1.807, 2.05) is 31.1 Å². The van der Waals surface area contributed by atoms with Gasteiger partial charge in [-0.2, -0.15) is 0 Å². The lowest BCUT2D eigenvalue weighted by molar-refractivity contribution is -0.129. The highest BCUT2D eigenvalue weighted by atomic mass is 32.1. The molecule has 1 atom stereocenters. The number of benzene rings is 1. The quantitative estimate of drug-likeness (QED) is 0.741. The lowest BCUT2D eigenvalue weighted by atomic mass is 9.95. The van der Waals surface area contributed by atoms with Gasteiger partial charge in [0, 0.05) is 13.1 Å².